The molecule has 1 saturated carbocycles. The molecule has 1 aliphatic heterocycles. The lowest BCUT2D eigenvalue weighted by molar-refractivity contribution is 0.282. The minimum Gasteiger partial charge on any atom is -0.324 e. The Morgan fingerprint density at radius 3 is 2.58 bits per heavy atom. The van der Waals surface area contributed by atoms with Crippen LogP contribution in [0.2, 0.25) is 0 Å². The molecular formula is C26H35N7. The van der Waals surface area contributed by atoms with Gasteiger partial charge in [0, 0.05) is 49.6 Å². The van der Waals surface area contributed by atoms with Crippen LogP contribution in [0.3, 0.4) is 0 Å². The fourth-order valence-corrected chi connectivity index (χ4v) is 4.96. The molecule has 2 aromatic heterocycles. The number of rotatable bonds is 8. The average Bonchev–Trinajstić information content (AvgIpc) is 3.38. The van der Waals surface area contributed by atoms with Gasteiger partial charge in [-0.3, -0.25) is 4.90 Å². The number of anilines is 2. The molecular weight excluding hydrogens is 410 g/mol. The number of imidazole rings is 1. The quantitative estimate of drug-likeness (QED) is 0.524. The predicted octanol–water partition coefficient (Wildman–Crippen LogP) is 4.69. The van der Waals surface area contributed by atoms with Crippen molar-refractivity contribution in [2.75, 3.05) is 18.4 Å². The van der Waals surface area contributed by atoms with E-state index in [0.29, 0.717) is 18.0 Å². The van der Waals surface area contributed by atoms with E-state index in [4.69, 9.17) is 4.98 Å². The standard InChI is InChI=1S/C26H35N7/c1-18(2)33-19(3)28-15-25(33)24-11-13-27-26(31-24)30-22-9-7-20(8-10-22)16-32-14-12-23(17-32)29-21-5-4-6-21/h7-11,13,15,18,21,23,29H,4-6,12,14,16-17H2,1-3H3,(H,27,30,31)/t23-/m0/s1. The molecule has 5 rings (SSSR count). The zero-order valence-electron chi connectivity index (χ0n) is 20.0. The zero-order chi connectivity index (χ0) is 22.8. The number of likely N-dealkylation sites (tertiary alicyclic amines) is 1. The van der Waals surface area contributed by atoms with Crippen molar-refractivity contribution in [1.82, 2.24) is 29.7 Å². The average molecular weight is 446 g/mol. The molecule has 0 radical (unpaired) electrons. The van der Waals surface area contributed by atoms with Crippen LogP contribution in [-0.4, -0.2) is 49.6 Å². The molecule has 3 aromatic rings. The Hall–Kier alpha value is -2.77. The second kappa shape index (κ2) is 9.61. The van der Waals surface area contributed by atoms with Crippen molar-refractivity contribution >= 4 is 11.6 Å². The molecule has 1 aromatic carbocycles. The van der Waals surface area contributed by atoms with Crippen LogP contribution in [0.5, 0.6) is 0 Å². The summed E-state index contributed by atoms with van der Waals surface area (Å²) in [6.07, 6.45) is 9.07. The van der Waals surface area contributed by atoms with E-state index < -0.39 is 0 Å². The van der Waals surface area contributed by atoms with Gasteiger partial charge in [-0.15, -0.1) is 0 Å². The van der Waals surface area contributed by atoms with E-state index in [9.17, 15) is 0 Å². The van der Waals surface area contributed by atoms with Crippen molar-refractivity contribution < 1.29 is 0 Å². The lowest BCUT2D eigenvalue weighted by Crippen LogP contribution is -2.43. The number of nitrogens with one attached hydrogen (secondary N) is 2. The first kappa shape index (κ1) is 22.0. The van der Waals surface area contributed by atoms with Gasteiger partial charge in [0.25, 0.3) is 0 Å². The highest BCUT2D eigenvalue weighted by atomic mass is 15.2. The first-order valence-corrected chi connectivity index (χ1v) is 12.3. The van der Waals surface area contributed by atoms with Gasteiger partial charge in [0.2, 0.25) is 5.95 Å². The molecule has 0 bridgehead atoms. The molecule has 0 unspecified atom stereocenters. The SMILES string of the molecule is Cc1ncc(-c2ccnc(Nc3ccc(CN4CC[C@H](NC5CCC5)C4)cc3)n2)n1C(C)C. The van der Waals surface area contributed by atoms with Gasteiger partial charge in [0.05, 0.1) is 17.6 Å². The maximum atomic E-state index is 4.75. The summed E-state index contributed by atoms with van der Waals surface area (Å²) in [5, 5.41) is 7.18. The summed E-state index contributed by atoms with van der Waals surface area (Å²) in [5.41, 5.74) is 4.22. The van der Waals surface area contributed by atoms with Crippen LogP contribution >= 0.6 is 0 Å². The van der Waals surface area contributed by atoms with E-state index in [1.54, 1.807) is 6.20 Å². The first-order chi connectivity index (χ1) is 16.0. The fourth-order valence-electron chi connectivity index (χ4n) is 4.96. The monoisotopic (exact) mass is 445 g/mol. The third-order valence-electron chi connectivity index (χ3n) is 6.88. The summed E-state index contributed by atoms with van der Waals surface area (Å²) in [6, 6.07) is 12.3. The minimum atomic E-state index is 0.321. The smallest absolute Gasteiger partial charge is 0.227 e. The molecule has 1 saturated heterocycles. The second-order valence-corrected chi connectivity index (χ2v) is 9.76. The Morgan fingerprint density at radius 2 is 1.85 bits per heavy atom. The highest BCUT2D eigenvalue weighted by molar-refractivity contribution is 5.59. The first-order valence-electron chi connectivity index (χ1n) is 12.3. The van der Waals surface area contributed by atoms with Crippen molar-refractivity contribution in [3.8, 4) is 11.4 Å². The molecule has 3 heterocycles. The number of hydrogen-bond donors (Lipinski definition) is 2. The third-order valence-corrected chi connectivity index (χ3v) is 6.88. The number of aromatic nitrogens is 4. The van der Waals surface area contributed by atoms with Crippen LogP contribution in [0, 0.1) is 6.92 Å². The van der Waals surface area contributed by atoms with Crippen LogP contribution in [0.4, 0.5) is 11.6 Å². The topological polar surface area (TPSA) is 70.9 Å². The van der Waals surface area contributed by atoms with E-state index in [0.717, 1.165) is 42.0 Å². The molecule has 7 nitrogen and oxygen atoms in total. The zero-order valence-corrected chi connectivity index (χ0v) is 20.0. The summed E-state index contributed by atoms with van der Waals surface area (Å²) in [6.45, 7) is 9.69. The number of aryl methyl sites for hydroxylation is 1. The molecule has 2 N–H and O–H groups in total. The highest BCUT2D eigenvalue weighted by Crippen LogP contribution is 2.25. The largest absolute Gasteiger partial charge is 0.324 e. The number of hydrogen-bond acceptors (Lipinski definition) is 6. The van der Waals surface area contributed by atoms with Crippen LogP contribution in [0.1, 0.15) is 57.0 Å². The Bertz CT molecular complexity index is 1070. The van der Waals surface area contributed by atoms with Gasteiger partial charge in [-0.2, -0.15) is 0 Å². The van der Waals surface area contributed by atoms with Crippen LogP contribution < -0.4 is 10.6 Å². The Labute approximate surface area is 196 Å². The van der Waals surface area contributed by atoms with Gasteiger partial charge >= 0.3 is 0 Å². The second-order valence-electron chi connectivity index (χ2n) is 9.76. The van der Waals surface area contributed by atoms with Gasteiger partial charge in [0.1, 0.15) is 5.82 Å². The summed E-state index contributed by atoms with van der Waals surface area (Å²) in [4.78, 5) is 16.2. The summed E-state index contributed by atoms with van der Waals surface area (Å²) < 4.78 is 2.20. The normalized spacial score (nSPS) is 19.2. The summed E-state index contributed by atoms with van der Waals surface area (Å²) in [5.74, 6) is 1.59. The van der Waals surface area contributed by atoms with E-state index in [2.05, 4.69) is 68.2 Å². The molecule has 1 atom stereocenters. The molecule has 1 aliphatic carbocycles. The van der Waals surface area contributed by atoms with Crippen molar-refractivity contribution in [1.29, 1.82) is 0 Å². The lowest BCUT2D eigenvalue weighted by Gasteiger charge is -2.30. The van der Waals surface area contributed by atoms with E-state index in [-0.39, 0.29) is 0 Å². The summed E-state index contributed by atoms with van der Waals surface area (Å²) in [7, 11) is 0. The van der Waals surface area contributed by atoms with Crippen LogP contribution in [-0.2, 0) is 6.54 Å². The Morgan fingerprint density at radius 1 is 1.03 bits per heavy atom. The maximum Gasteiger partial charge on any atom is 0.227 e. The Balaban J connectivity index is 1.20. The Kier molecular flexibility index (Phi) is 6.42. The molecule has 0 spiro atoms. The van der Waals surface area contributed by atoms with Gasteiger partial charge in [0.15, 0.2) is 0 Å². The third kappa shape index (κ3) is 5.09. The van der Waals surface area contributed by atoms with E-state index in [1.807, 2.05) is 19.2 Å². The van der Waals surface area contributed by atoms with Gasteiger partial charge in [-0.25, -0.2) is 15.0 Å². The molecule has 174 valence electrons. The van der Waals surface area contributed by atoms with Crippen molar-refractivity contribution in [2.24, 2.45) is 0 Å². The van der Waals surface area contributed by atoms with Crippen LogP contribution in [0.15, 0.2) is 42.7 Å². The van der Waals surface area contributed by atoms with Crippen molar-refractivity contribution in [2.45, 2.75) is 71.1 Å². The van der Waals surface area contributed by atoms with Crippen LogP contribution in [0.25, 0.3) is 11.4 Å². The molecule has 2 fully saturated rings. The van der Waals surface area contributed by atoms with Crippen molar-refractivity contribution in [3.05, 3.63) is 54.1 Å². The molecule has 7 heteroatoms. The predicted molar refractivity (Wildman–Crippen MR) is 133 cm³/mol. The van der Waals surface area contributed by atoms with Gasteiger partial charge in [-0.1, -0.05) is 18.6 Å². The number of benzene rings is 1. The maximum absolute atomic E-state index is 4.75. The van der Waals surface area contributed by atoms with E-state index in [1.165, 1.54) is 37.8 Å². The molecule has 0 amide bonds. The molecule has 33 heavy (non-hydrogen) atoms. The summed E-state index contributed by atoms with van der Waals surface area (Å²) >= 11 is 0. The fraction of sp³-hybridized carbons (Fsp3) is 0.500. The highest BCUT2D eigenvalue weighted by Gasteiger charge is 2.26. The van der Waals surface area contributed by atoms with Crippen molar-refractivity contribution in [3.63, 3.8) is 0 Å². The van der Waals surface area contributed by atoms with Gasteiger partial charge < -0.3 is 15.2 Å². The lowest BCUT2D eigenvalue weighted by atomic mass is 9.92. The van der Waals surface area contributed by atoms with E-state index >= 15 is 0 Å². The molecule has 2 aliphatic rings. The van der Waals surface area contributed by atoms with Gasteiger partial charge in [-0.05, 0) is 63.8 Å². The minimum absolute atomic E-state index is 0.321. The number of nitrogens with zero attached hydrogens (tertiary/aromatic N) is 5.